The molecule has 7 heteroatoms. The molecule has 0 saturated heterocycles. The number of ketones is 1. The van der Waals surface area contributed by atoms with Crippen molar-refractivity contribution >= 4 is 69.6 Å². The topological polar surface area (TPSA) is 63.1 Å². The van der Waals surface area contributed by atoms with Crippen LogP contribution in [-0.2, 0) is 30.3 Å². The number of carbonyl (C=O) groups is 1. The van der Waals surface area contributed by atoms with Crippen LogP contribution in [0.15, 0.2) is 66.7 Å². The van der Waals surface area contributed by atoms with Crippen LogP contribution in [0.25, 0.3) is 52.4 Å². The molecule has 1 N–H and O–H groups in total. The number of carbonyl (C=O) groups excluding carboxylic acids is 1. The Labute approximate surface area is 313 Å². The van der Waals surface area contributed by atoms with Crippen LogP contribution in [0.1, 0.15) is 98.4 Å². The molecule has 0 fully saturated rings. The molecule has 0 unspecified atom stereocenters. The minimum absolute atomic E-state index is 0. The summed E-state index contributed by atoms with van der Waals surface area (Å²) in [5, 5.41) is 15.1. The number of aryl methyl sites for hydroxylation is 1. The second kappa shape index (κ2) is 15.1. The van der Waals surface area contributed by atoms with Crippen LogP contribution in [0.4, 0.5) is 0 Å². The van der Waals surface area contributed by atoms with Gasteiger partial charge in [0.15, 0.2) is 5.78 Å². The largest absolute Gasteiger partial charge is 0.512 e. The van der Waals surface area contributed by atoms with Crippen LogP contribution in [0.2, 0.25) is 0 Å². The third-order valence-corrected chi connectivity index (χ3v) is 12.6. The van der Waals surface area contributed by atoms with E-state index in [9.17, 15) is 9.90 Å². The maximum Gasteiger partial charge on any atom is 0.164 e. The minimum Gasteiger partial charge on any atom is -0.512 e. The van der Waals surface area contributed by atoms with E-state index in [1.165, 1.54) is 42.1 Å². The Morgan fingerprint density at radius 1 is 0.837 bits per heavy atom. The molecule has 6 aromatic rings. The minimum atomic E-state index is -0.337. The van der Waals surface area contributed by atoms with E-state index in [0.29, 0.717) is 0 Å². The Morgan fingerprint density at radius 2 is 1.47 bits per heavy atom. The maximum atomic E-state index is 12.2. The molecule has 0 atom stereocenters. The van der Waals surface area contributed by atoms with E-state index < -0.39 is 0 Å². The number of benzene rings is 3. The van der Waals surface area contributed by atoms with Gasteiger partial charge in [0.05, 0.1) is 5.52 Å². The molecule has 0 saturated carbocycles. The van der Waals surface area contributed by atoms with Gasteiger partial charge in [0.1, 0.15) is 12.1 Å². The van der Waals surface area contributed by atoms with E-state index in [1.54, 1.807) is 17.7 Å². The summed E-state index contributed by atoms with van der Waals surface area (Å²) in [6, 6.07) is 21.2. The molecular weight excluding hydrogens is 821 g/mol. The third kappa shape index (κ3) is 7.56. The van der Waals surface area contributed by atoms with Gasteiger partial charge in [0.2, 0.25) is 0 Å². The van der Waals surface area contributed by atoms with Crippen molar-refractivity contribution in [1.82, 2.24) is 9.97 Å². The van der Waals surface area contributed by atoms with Crippen molar-refractivity contribution in [1.29, 1.82) is 0 Å². The monoisotopic (exact) mass is 870 g/mol. The summed E-state index contributed by atoms with van der Waals surface area (Å²) in [4.78, 5) is 23.0. The first-order chi connectivity index (χ1) is 22.7. The summed E-state index contributed by atoms with van der Waals surface area (Å²) in [6.45, 7) is 21.1. The molecule has 3 heterocycles. The van der Waals surface area contributed by atoms with Crippen molar-refractivity contribution in [3.05, 3.63) is 83.2 Å². The van der Waals surface area contributed by atoms with Crippen molar-refractivity contribution in [3.8, 4) is 11.3 Å². The zero-order valence-electron chi connectivity index (χ0n) is 30.5. The summed E-state index contributed by atoms with van der Waals surface area (Å²) < 4.78 is 3.72. The summed E-state index contributed by atoms with van der Waals surface area (Å²) in [7, 11) is 0. The van der Waals surface area contributed by atoms with Gasteiger partial charge in [-0.2, -0.15) is 0 Å². The average molecular weight is 870 g/mol. The smallest absolute Gasteiger partial charge is 0.164 e. The van der Waals surface area contributed by atoms with E-state index in [4.69, 9.17) is 9.97 Å². The molecule has 0 bridgehead atoms. The zero-order valence-corrected chi connectivity index (χ0v) is 34.5. The van der Waals surface area contributed by atoms with Gasteiger partial charge < -0.3 is 5.11 Å². The van der Waals surface area contributed by atoms with Crippen LogP contribution >= 0.6 is 22.7 Å². The van der Waals surface area contributed by atoms with Gasteiger partial charge in [-0.15, -0.1) is 51.8 Å². The van der Waals surface area contributed by atoms with E-state index in [0.717, 1.165) is 52.5 Å². The molecule has 0 amide bonds. The molecule has 0 aliphatic rings. The van der Waals surface area contributed by atoms with Crippen LogP contribution in [0, 0.1) is 23.8 Å². The Hall–Kier alpha value is -2.96. The number of aliphatic hydroxyl groups is 1. The molecular formula is C42H49IrN2O2S2-. The fraction of sp³-hybridized carbons (Fsp3) is 0.405. The normalized spacial score (nSPS) is 12.7. The zero-order chi connectivity index (χ0) is 35.0. The predicted octanol–water partition coefficient (Wildman–Crippen LogP) is 12.9. The van der Waals surface area contributed by atoms with Crippen molar-refractivity contribution in [2.24, 2.45) is 10.8 Å². The molecule has 0 aliphatic heterocycles. The second-order valence-electron chi connectivity index (χ2n) is 14.5. The number of hydrogen-bond acceptors (Lipinski definition) is 6. The second-order valence-corrected chi connectivity index (χ2v) is 16.9. The fourth-order valence-corrected chi connectivity index (χ4v) is 8.27. The first-order valence-electron chi connectivity index (χ1n) is 17.2. The first kappa shape index (κ1) is 38.8. The number of fused-ring (bicyclic) bond motifs is 6. The number of hydrogen-bond donors (Lipinski definition) is 1. The number of rotatable bonds is 8. The fourth-order valence-electron chi connectivity index (χ4n) is 6.16. The summed E-state index contributed by atoms with van der Waals surface area (Å²) in [6.07, 6.45) is 6.46. The van der Waals surface area contributed by atoms with Gasteiger partial charge in [-0.25, -0.2) is 4.98 Å². The van der Waals surface area contributed by atoms with Gasteiger partial charge in [-0.3, -0.25) is 9.78 Å². The van der Waals surface area contributed by atoms with Crippen LogP contribution < -0.4 is 0 Å². The Kier molecular flexibility index (Phi) is 12.0. The predicted molar refractivity (Wildman–Crippen MR) is 209 cm³/mol. The van der Waals surface area contributed by atoms with Crippen LogP contribution in [0.5, 0.6) is 0 Å². The van der Waals surface area contributed by atoms with Crippen LogP contribution in [-0.4, -0.2) is 20.9 Å². The number of nitrogens with zero attached hydrogens (tertiary/aromatic N) is 2. The Bertz CT molecular complexity index is 2140. The summed E-state index contributed by atoms with van der Waals surface area (Å²) in [5.41, 5.74) is 3.81. The number of aromatic nitrogens is 2. The van der Waals surface area contributed by atoms with E-state index >= 15 is 0 Å². The molecule has 0 aliphatic carbocycles. The van der Waals surface area contributed by atoms with Crippen molar-refractivity contribution < 1.29 is 30.0 Å². The summed E-state index contributed by atoms with van der Waals surface area (Å²) in [5.74, 6) is 0.286. The molecule has 0 spiro atoms. The standard InChI is InChI=1S/C27H21N2S2.C15H28O2.Ir/c1-15-11-19-21(30-15)9-10-22-23(19)25-26(31-22)24(28-14-29-25)17-12-16-7-5-6-8-18(16)20(13-17)27(2,3)4;1-7-14(5,8-2)12(16)11-13(17)15(6,9-3)10-4;/h5-11,13-14H,1-4H3;11,16H,7-10H2,1-6H3;/q-1;;/b;12-11-;. The summed E-state index contributed by atoms with van der Waals surface area (Å²) >= 11 is 3.63. The maximum absolute atomic E-state index is 12.2. The molecule has 49 heavy (non-hydrogen) atoms. The van der Waals surface area contributed by atoms with Crippen LogP contribution in [0.3, 0.4) is 0 Å². The molecule has 4 nitrogen and oxygen atoms in total. The Balaban J connectivity index is 0.000000260. The van der Waals surface area contributed by atoms with Gasteiger partial charge in [0.25, 0.3) is 0 Å². The number of aliphatic hydroxyl groups excluding tert-OH is 1. The van der Waals surface area contributed by atoms with Gasteiger partial charge in [-0.05, 0) is 56.2 Å². The number of thiophene rings is 2. The molecule has 3 aromatic carbocycles. The van der Waals surface area contributed by atoms with Crippen molar-refractivity contribution in [2.45, 2.75) is 100 Å². The SMILES string of the molecule is CCC(C)(CC)C(=O)/C=C(\O)C(C)(CC)CC.Cc1cc2c(ccc3sc4c(-c5[c-]c6ccccc6c(C(C)(C)C)c5)ncnc4c32)s1.[Ir]. The van der Waals surface area contributed by atoms with Crippen molar-refractivity contribution in [2.75, 3.05) is 0 Å². The van der Waals surface area contributed by atoms with Gasteiger partial charge in [0, 0.05) is 72.5 Å². The van der Waals surface area contributed by atoms with E-state index in [-0.39, 0.29) is 47.9 Å². The average Bonchev–Trinajstić information content (AvgIpc) is 3.66. The first-order valence-corrected chi connectivity index (χ1v) is 18.8. The van der Waals surface area contributed by atoms with E-state index in [2.05, 4.69) is 82.3 Å². The molecule has 1 radical (unpaired) electrons. The molecule has 261 valence electrons. The molecule has 3 aromatic heterocycles. The van der Waals surface area contributed by atoms with E-state index in [1.807, 2.05) is 52.9 Å². The number of allylic oxidation sites excluding steroid dienone is 2. The quantitative estimate of drug-likeness (QED) is 0.0940. The van der Waals surface area contributed by atoms with Gasteiger partial charge >= 0.3 is 0 Å². The third-order valence-electron chi connectivity index (χ3n) is 10.5. The van der Waals surface area contributed by atoms with Gasteiger partial charge in [-0.1, -0.05) is 91.5 Å². The molecule has 6 rings (SSSR count). The van der Waals surface area contributed by atoms with Crippen molar-refractivity contribution in [3.63, 3.8) is 0 Å². The Morgan fingerprint density at radius 3 is 2.10 bits per heavy atom.